The molecule has 0 atom stereocenters. The quantitative estimate of drug-likeness (QED) is 0.225. The smallest absolute Gasteiger partial charge is 0.332 e. The van der Waals surface area contributed by atoms with Crippen molar-refractivity contribution in [2.45, 2.75) is 20.4 Å². The SMILES string of the molecule is CC(C)=CCN1CN(Cl)c2c1c(=O)n(CC(=O)c1ccccc1[N+](=O)[O-])c(=O)n2C. The summed E-state index contributed by atoms with van der Waals surface area (Å²) < 4.78 is 3.24. The predicted molar refractivity (Wildman–Crippen MR) is 113 cm³/mol. The summed E-state index contributed by atoms with van der Waals surface area (Å²) >= 11 is 6.23. The number of aromatic nitrogens is 2. The Kier molecular flexibility index (Phi) is 5.79. The predicted octanol–water partition coefficient (Wildman–Crippen LogP) is 2.04. The molecule has 0 unspecified atom stereocenters. The Labute approximate surface area is 176 Å². The van der Waals surface area contributed by atoms with Crippen molar-refractivity contribution in [3.63, 3.8) is 0 Å². The van der Waals surface area contributed by atoms with Crippen molar-refractivity contribution < 1.29 is 9.72 Å². The summed E-state index contributed by atoms with van der Waals surface area (Å²) in [4.78, 5) is 50.9. The van der Waals surface area contributed by atoms with Gasteiger partial charge in [0.2, 0.25) is 0 Å². The Morgan fingerprint density at radius 1 is 1.27 bits per heavy atom. The number of para-hydroxylation sites is 1. The molecule has 0 spiro atoms. The summed E-state index contributed by atoms with van der Waals surface area (Å²) in [5, 5.41) is 11.2. The number of Topliss-reactive ketones (excluding diaryl/α,β-unsaturated/α-hetero) is 1. The van der Waals surface area contributed by atoms with E-state index in [-0.39, 0.29) is 29.4 Å². The minimum atomic E-state index is -0.736. The normalized spacial score (nSPS) is 12.7. The molecule has 0 radical (unpaired) electrons. The van der Waals surface area contributed by atoms with Crippen LogP contribution in [0.3, 0.4) is 0 Å². The molecule has 0 saturated heterocycles. The monoisotopic (exact) mass is 433 g/mol. The van der Waals surface area contributed by atoms with Gasteiger partial charge >= 0.3 is 5.69 Å². The van der Waals surface area contributed by atoms with Crippen LogP contribution in [0.5, 0.6) is 0 Å². The highest BCUT2D eigenvalue weighted by Crippen LogP contribution is 2.32. The molecule has 30 heavy (non-hydrogen) atoms. The van der Waals surface area contributed by atoms with E-state index in [0.717, 1.165) is 10.1 Å². The van der Waals surface area contributed by atoms with Crippen LogP contribution < -0.4 is 20.6 Å². The fraction of sp³-hybridized carbons (Fsp3) is 0.316. The summed E-state index contributed by atoms with van der Waals surface area (Å²) in [6.45, 7) is 3.79. The maximum Gasteiger partial charge on any atom is 0.332 e. The summed E-state index contributed by atoms with van der Waals surface area (Å²) in [5.41, 5.74) is -0.727. The third-order valence-corrected chi connectivity index (χ3v) is 5.03. The molecule has 2 aromatic rings. The van der Waals surface area contributed by atoms with Crippen LogP contribution in [-0.4, -0.2) is 33.1 Å². The molecule has 1 aliphatic rings. The number of nitro benzene ring substituents is 1. The van der Waals surface area contributed by atoms with Crippen molar-refractivity contribution in [2.24, 2.45) is 7.05 Å². The molecule has 0 amide bonds. The first kappa shape index (κ1) is 21.3. The first-order valence-corrected chi connectivity index (χ1v) is 9.39. The van der Waals surface area contributed by atoms with Crippen molar-refractivity contribution in [3.8, 4) is 0 Å². The summed E-state index contributed by atoms with van der Waals surface area (Å²) in [6.07, 6.45) is 1.91. The molecule has 1 aromatic heterocycles. The number of nitro groups is 1. The molecule has 2 heterocycles. The van der Waals surface area contributed by atoms with Crippen LogP contribution in [0.25, 0.3) is 0 Å². The van der Waals surface area contributed by atoms with Crippen LogP contribution in [0, 0.1) is 10.1 Å². The summed E-state index contributed by atoms with van der Waals surface area (Å²) in [7, 11) is 1.45. The van der Waals surface area contributed by atoms with Crippen LogP contribution in [0.4, 0.5) is 17.2 Å². The van der Waals surface area contributed by atoms with Crippen molar-refractivity contribution in [2.75, 3.05) is 22.5 Å². The van der Waals surface area contributed by atoms with Gasteiger partial charge in [0, 0.05) is 31.4 Å². The van der Waals surface area contributed by atoms with Crippen LogP contribution in [0.1, 0.15) is 24.2 Å². The van der Waals surface area contributed by atoms with E-state index in [1.165, 1.54) is 40.3 Å². The third-order valence-electron chi connectivity index (χ3n) is 4.76. The maximum absolute atomic E-state index is 13.1. The average molecular weight is 434 g/mol. The molecular weight excluding hydrogens is 414 g/mol. The molecular formula is C19H20ClN5O5. The zero-order chi connectivity index (χ0) is 22.2. The Morgan fingerprint density at radius 3 is 2.57 bits per heavy atom. The number of carbonyl (C=O) groups is 1. The molecule has 0 fully saturated rings. The Balaban J connectivity index is 2.09. The van der Waals surface area contributed by atoms with Gasteiger partial charge in [0.1, 0.15) is 12.4 Å². The van der Waals surface area contributed by atoms with Gasteiger partial charge in [0.05, 0.1) is 17.0 Å². The first-order chi connectivity index (χ1) is 14.1. The van der Waals surface area contributed by atoms with Crippen LogP contribution >= 0.6 is 11.8 Å². The van der Waals surface area contributed by atoms with Gasteiger partial charge in [-0.3, -0.25) is 28.8 Å². The molecule has 158 valence electrons. The number of hydrogen-bond donors (Lipinski definition) is 0. The third kappa shape index (κ3) is 3.73. The van der Waals surface area contributed by atoms with Crippen LogP contribution in [0.15, 0.2) is 45.5 Å². The lowest BCUT2D eigenvalue weighted by Gasteiger charge is -2.16. The number of hydrogen-bond acceptors (Lipinski definition) is 7. The number of halogens is 1. The molecule has 1 aliphatic heterocycles. The van der Waals surface area contributed by atoms with Gasteiger partial charge in [0.15, 0.2) is 11.6 Å². The Bertz CT molecular complexity index is 1180. The van der Waals surface area contributed by atoms with E-state index in [1.807, 2.05) is 19.9 Å². The van der Waals surface area contributed by atoms with Crippen LogP contribution in [-0.2, 0) is 13.6 Å². The zero-order valence-corrected chi connectivity index (χ0v) is 17.4. The molecule has 0 N–H and O–H groups in total. The molecule has 1 aromatic carbocycles. The largest absolute Gasteiger partial charge is 0.341 e. The summed E-state index contributed by atoms with van der Waals surface area (Å²) in [5.74, 6) is -0.471. The van der Waals surface area contributed by atoms with Gasteiger partial charge in [-0.1, -0.05) is 23.8 Å². The highest BCUT2D eigenvalue weighted by Gasteiger charge is 2.33. The molecule has 0 saturated carbocycles. The lowest BCUT2D eigenvalue weighted by atomic mass is 10.1. The zero-order valence-electron chi connectivity index (χ0n) is 16.7. The summed E-state index contributed by atoms with van der Waals surface area (Å²) in [6, 6.07) is 5.41. The van der Waals surface area contributed by atoms with Gasteiger partial charge in [0.25, 0.3) is 11.2 Å². The van der Waals surface area contributed by atoms with E-state index in [1.54, 1.807) is 4.90 Å². The molecule has 0 bridgehead atoms. The van der Waals surface area contributed by atoms with Crippen molar-refractivity contribution >= 4 is 34.8 Å². The fourth-order valence-corrected chi connectivity index (χ4v) is 3.58. The number of rotatable bonds is 6. The number of carbonyl (C=O) groups excluding carboxylic acids is 1. The van der Waals surface area contributed by atoms with Gasteiger partial charge in [-0.25, -0.2) is 9.21 Å². The van der Waals surface area contributed by atoms with Crippen molar-refractivity contribution in [3.05, 3.63) is 72.4 Å². The lowest BCUT2D eigenvalue weighted by Crippen LogP contribution is -2.42. The Hall–Kier alpha value is -3.40. The van der Waals surface area contributed by atoms with Crippen molar-refractivity contribution in [1.82, 2.24) is 9.13 Å². The highest BCUT2D eigenvalue weighted by atomic mass is 35.5. The Morgan fingerprint density at radius 2 is 1.93 bits per heavy atom. The van der Waals surface area contributed by atoms with E-state index in [9.17, 15) is 24.5 Å². The highest BCUT2D eigenvalue weighted by molar-refractivity contribution is 6.27. The minimum absolute atomic E-state index is 0.169. The first-order valence-electron chi connectivity index (χ1n) is 9.05. The average Bonchev–Trinajstić information content (AvgIpc) is 3.04. The van der Waals surface area contributed by atoms with E-state index >= 15 is 0 Å². The van der Waals surface area contributed by atoms with Gasteiger partial charge in [-0.15, -0.1) is 0 Å². The maximum atomic E-state index is 13.1. The van der Waals surface area contributed by atoms with E-state index in [4.69, 9.17) is 11.8 Å². The number of fused-ring (bicyclic) bond motifs is 1. The van der Waals surface area contributed by atoms with Crippen LogP contribution in [0.2, 0.25) is 0 Å². The number of ketones is 1. The topological polar surface area (TPSA) is 111 Å². The number of benzene rings is 1. The fourth-order valence-electron chi connectivity index (χ4n) is 3.26. The van der Waals surface area contributed by atoms with E-state index < -0.39 is 28.5 Å². The van der Waals surface area contributed by atoms with E-state index in [2.05, 4.69) is 0 Å². The molecule has 3 rings (SSSR count). The lowest BCUT2D eigenvalue weighted by molar-refractivity contribution is -0.385. The van der Waals surface area contributed by atoms with Crippen molar-refractivity contribution in [1.29, 1.82) is 0 Å². The van der Waals surface area contributed by atoms with E-state index in [0.29, 0.717) is 6.54 Å². The minimum Gasteiger partial charge on any atom is -0.341 e. The number of allylic oxidation sites excluding steroid dienone is 1. The second-order valence-electron chi connectivity index (χ2n) is 7.11. The molecule has 0 aliphatic carbocycles. The molecule has 10 nitrogen and oxygen atoms in total. The number of nitrogens with zero attached hydrogens (tertiary/aromatic N) is 5. The van der Waals surface area contributed by atoms with Gasteiger partial charge in [-0.05, 0) is 19.9 Å². The standard InChI is InChI=1S/C19H20ClN5O5/c1-12(2)8-9-22-11-24(20)17-16(22)18(27)23(19(28)21(17)3)10-15(26)13-6-4-5-7-14(13)25(29)30/h4-8H,9-11H2,1-3H3. The molecule has 11 heteroatoms. The second kappa shape index (κ2) is 8.15. The van der Waals surface area contributed by atoms with Gasteiger partial charge < -0.3 is 4.90 Å². The number of anilines is 2. The van der Waals surface area contributed by atoms with Gasteiger partial charge in [-0.2, -0.15) is 0 Å². The second-order valence-corrected chi connectivity index (χ2v) is 7.52.